The number of aryl methyl sites for hydroxylation is 1. The third-order valence-electron chi connectivity index (χ3n) is 4.03. The van der Waals surface area contributed by atoms with E-state index in [9.17, 15) is 4.79 Å². The van der Waals surface area contributed by atoms with Gasteiger partial charge in [0.1, 0.15) is 24.2 Å². The number of ether oxygens (including phenoxy) is 2. The summed E-state index contributed by atoms with van der Waals surface area (Å²) in [5.74, 6) is 1.21. The molecule has 0 radical (unpaired) electrons. The number of esters is 1. The van der Waals surface area contributed by atoms with E-state index in [-0.39, 0.29) is 24.4 Å². The molecule has 0 aliphatic carbocycles. The highest BCUT2D eigenvalue weighted by molar-refractivity contribution is 7.99. The van der Waals surface area contributed by atoms with Crippen LogP contribution in [0.3, 0.4) is 0 Å². The zero-order valence-electron chi connectivity index (χ0n) is 14.8. The number of rotatable bonds is 6. The van der Waals surface area contributed by atoms with Gasteiger partial charge in [0.15, 0.2) is 5.76 Å². The van der Waals surface area contributed by atoms with Crippen LogP contribution in [0.25, 0.3) is 11.3 Å². The molecule has 2 aromatic heterocycles. The van der Waals surface area contributed by atoms with E-state index in [4.69, 9.17) is 14.0 Å². The van der Waals surface area contributed by atoms with Crippen LogP contribution in [0.2, 0.25) is 0 Å². The Hall–Kier alpha value is -2.88. The number of carbonyl (C=O) groups is 1. The SMILES string of the molecule is CC1Cc2ccc(-c3cc(COC(=O)CSc4nnnn4C)no3)cc2O1. The molecule has 4 rings (SSSR count). The molecule has 0 saturated heterocycles. The van der Waals surface area contributed by atoms with Gasteiger partial charge < -0.3 is 14.0 Å². The smallest absolute Gasteiger partial charge is 0.316 e. The molecule has 0 amide bonds. The monoisotopic (exact) mass is 387 g/mol. The van der Waals surface area contributed by atoms with Crippen molar-refractivity contribution in [1.29, 1.82) is 0 Å². The van der Waals surface area contributed by atoms with Gasteiger partial charge in [0.05, 0.1) is 5.75 Å². The van der Waals surface area contributed by atoms with Crippen LogP contribution >= 0.6 is 11.8 Å². The molecule has 9 nitrogen and oxygen atoms in total. The number of hydrogen-bond acceptors (Lipinski definition) is 9. The molecule has 3 heterocycles. The molecule has 0 N–H and O–H groups in total. The van der Waals surface area contributed by atoms with Crippen molar-refractivity contribution in [1.82, 2.24) is 25.4 Å². The molecule has 10 heteroatoms. The Kier molecular flexibility index (Phi) is 4.80. The van der Waals surface area contributed by atoms with Crippen LogP contribution in [0.15, 0.2) is 33.9 Å². The number of carbonyl (C=O) groups excluding carboxylic acids is 1. The summed E-state index contributed by atoms with van der Waals surface area (Å²) in [5, 5.41) is 15.5. The van der Waals surface area contributed by atoms with Crippen molar-refractivity contribution in [2.45, 2.75) is 31.2 Å². The number of nitrogens with zero attached hydrogens (tertiary/aromatic N) is 5. The standard InChI is InChI=1S/C17H17N5O4S/c1-10-5-11-3-4-12(6-14(11)25-10)15-7-13(19-26-15)8-24-16(23)9-27-17-18-20-21-22(17)2/h3-4,6-7,10H,5,8-9H2,1-2H3. The second-order valence-electron chi connectivity index (χ2n) is 6.17. The van der Waals surface area contributed by atoms with E-state index in [0.717, 1.165) is 17.7 Å². The fourth-order valence-corrected chi connectivity index (χ4v) is 3.38. The fourth-order valence-electron chi connectivity index (χ4n) is 2.73. The quantitative estimate of drug-likeness (QED) is 0.464. The predicted octanol–water partition coefficient (Wildman–Crippen LogP) is 2.02. The zero-order valence-corrected chi connectivity index (χ0v) is 15.6. The van der Waals surface area contributed by atoms with E-state index in [1.165, 1.54) is 22.0 Å². The summed E-state index contributed by atoms with van der Waals surface area (Å²) in [7, 11) is 1.70. The minimum atomic E-state index is -0.382. The first-order chi connectivity index (χ1) is 13.1. The first-order valence-electron chi connectivity index (χ1n) is 8.35. The lowest BCUT2D eigenvalue weighted by atomic mass is 10.1. The number of thioether (sulfide) groups is 1. The van der Waals surface area contributed by atoms with Gasteiger partial charge in [-0.2, -0.15) is 0 Å². The maximum absolute atomic E-state index is 11.9. The summed E-state index contributed by atoms with van der Waals surface area (Å²) in [6, 6.07) is 7.71. The van der Waals surface area contributed by atoms with E-state index in [1.54, 1.807) is 13.1 Å². The minimum absolute atomic E-state index is 0.0401. The summed E-state index contributed by atoms with van der Waals surface area (Å²) in [6.07, 6.45) is 1.10. The van der Waals surface area contributed by atoms with Crippen LogP contribution in [0.1, 0.15) is 18.2 Å². The van der Waals surface area contributed by atoms with Gasteiger partial charge in [0.25, 0.3) is 0 Å². The lowest BCUT2D eigenvalue weighted by molar-refractivity contribution is -0.141. The van der Waals surface area contributed by atoms with Crippen molar-refractivity contribution in [3.05, 3.63) is 35.5 Å². The van der Waals surface area contributed by atoms with Crippen LogP contribution in [-0.2, 0) is 29.6 Å². The number of fused-ring (bicyclic) bond motifs is 1. The Bertz CT molecular complexity index is 970. The third kappa shape index (κ3) is 3.95. The van der Waals surface area contributed by atoms with Crippen molar-refractivity contribution < 1.29 is 18.8 Å². The van der Waals surface area contributed by atoms with Gasteiger partial charge in [0, 0.05) is 25.1 Å². The normalized spacial score (nSPS) is 15.4. The number of aromatic nitrogens is 5. The summed E-state index contributed by atoms with van der Waals surface area (Å²) in [5.41, 5.74) is 2.60. The fraction of sp³-hybridized carbons (Fsp3) is 0.353. The molecule has 1 aromatic carbocycles. The van der Waals surface area contributed by atoms with Crippen LogP contribution in [0, 0.1) is 0 Å². The average Bonchev–Trinajstić information content (AvgIpc) is 3.36. The molecule has 0 saturated carbocycles. The van der Waals surface area contributed by atoms with Crippen molar-refractivity contribution in [2.24, 2.45) is 7.05 Å². The van der Waals surface area contributed by atoms with E-state index in [0.29, 0.717) is 16.6 Å². The first kappa shape index (κ1) is 17.5. The molecule has 1 atom stereocenters. The Morgan fingerprint density at radius 3 is 3.11 bits per heavy atom. The molecule has 140 valence electrons. The maximum Gasteiger partial charge on any atom is 0.316 e. The van der Waals surface area contributed by atoms with Crippen LogP contribution in [-0.4, -0.2) is 43.2 Å². The topological polar surface area (TPSA) is 105 Å². The van der Waals surface area contributed by atoms with Crippen molar-refractivity contribution >= 4 is 17.7 Å². The summed E-state index contributed by atoms with van der Waals surface area (Å²) >= 11 is 1.21. The van der Waals surface area contributed by atoms with Gasteiger partial charge in [-0.15, -0.1) is 5.10 Å². The first-order valence-corrected chi connectivity index (χ1v) is 9.33. The average molecular weight is 387 g/mol. The molecule has 27 heavy (non-hydrogen) atoms. The van der Waals surface area contributed by atoms with Gasteiger partial charge >= 0.3 is 5.97 Å². The Morgan fingerprint density at radius 1 is 1.41 bits per heavy atom. The molecule has 0 spiro atoms. The second-order valence-corrected chi connectivity index (χ2v) is 7.11. The third-order valence-corrected chi connectivity index (χ3v) is 5.01. The predicted molar refractivity (Wildman–Crippen MR) is 95.1 cm³/mol. The van der Waals surface area contributed by atoms with Gasteiger partial charge in [-0.3, -0.25) is 4.79 Å². The summed E-state index contributed by atoms with van der Waals surface area (Å²) < 4.78 is 17.9. The molecule has 1 unspecified atom stereocenters. The lowest BCUT2D eigenvalue weighted by Crippen LogP contribution is -2.08. The van der Waals surface area contributed by atoms with Crippen molar-refractivity contribution in [3.63, 3.8) is 0 Å². The highest BCUT2D eigenvalue weighted by atomic mass is 32.2. The molecule has 1 aliphatic heterocycles. The number of tetrazole rings is 1. The van der Waals surface area contributed by atoms with Crippen LogP contribution in [0.4, 0.5) is 0 Å². The largest absolute Gasteiger partial charge is 0.490 e. The zero-order chi connectivity index (χ0) is 18.8. The lowest BCUT2D eigenvalue weighted by Gasteiger charge is -2.03. The maximum atomic E-state index is 11.9. The summed E-state index contributed by atoms with van der Waals surface area (Å²) in [4.78, 5) is 11.9. The highest BCUT2D eigenvalue weighted by Crippen LogP contribution is 2.33. The highest BCUT2D eigenvalue weighted by Gasteiger charge is 2.20. The second kappa shape index (κ2) is 7.39. The van der Waals surface area contributed by atoms with Crippen LogP contribution < -0.4 is 4.74 Å². The molecule has 0 fully saturated rings. The van der Waals surface area contributed by atoms with Gasteiger partial charge in [-0.05, 0) is 29.0 Å². The van der Waals surface area contributed by atoms with Gasteiger partial charge in [0.2, 0.25) is 5.16 Å². The Balaban J connectivity index is 1.33. The Morgan fingerprint density at radius 2 is 2.30 bits per heavy atom. The van der Waals surface area contributed by atoms with Crippen molar-refractivity contribution in [3.8, 4) is 17.1 Å². The van der Waals surface area contributed by atoms with Crippen molar-refractivity contribution in [2.75, 3.05) is 5.75 Å². The number of hydrogen-bond donors (Lipinski definition) is 0. The van der Waals surface area contributed by atoms with Gasteiger partial charge in [-0.25, -0.2) is 4.68 Å². The summed E-state index contributed by atoms with van der Waals surface area (Å²) in [6.45, 7) is 2.08. The molecule has 3 aromatic rings. The van der Waals surface area contributed by atoms with E-state index >= 15 is 0 Å². The molecular weight excluding hydrogens is 370 g/mol. The number of benzene rings is 1. The minimum Gasteiger partial charge on any atom is -0.490 e. The van der Waals surface area contributed by atoms with Gasteiger partial charge in [-0.1, -0.05) is 29.1 Å². The van der Waals surface area contributed by atoms with E-state index < -0.39 is 0 Å². The Labute approximate surface area is 159 Å². The molecular formula is C17H17N5O4S. The molecule has 0 bridgehead atoms. The van der Waals surface area contributed by atoms with Crippen LogP contribution in [0.5, 0.6) is 5.75 Å². The van der Waals surface area contributed by atoms with E-state index in [2.05, 4.69) is 20.7 Å². The van der Waals surface area contributed by atoms with E-state index in [1.807, 2.05) is 25.1 Å². The molecule has 1 aliphatic rings.